The molecule has 0 N–H and O–H groups in total. The number of rotatable bonds is 1. The zero-order chi connectivity index (χ0) is 22.1. The third kappa shape index (κ3) is 2.58. The largest absolute Gasteiger partial charge is 0.456 e. The maximum Gasteiger partial charge on any atom is 0.136 e. The van der Waals surface area contributed by atoms with Gasteiger partial charge >= 0.3 is 0 Å². The standard InChI is InChI=1S/C31H21NO/c1-18-14-28(32-17-19(18)2)24-12-7-13-29-31(24)27-15-25-22-10-5-3-8-20(22)21-9-4-6-11-23(21)26(25)16-30(27)33-29/h3-17H,1-2H3. The molecule has 2 heterocycles. The zero-order valence-corrected chi connectivity index (χ0v) is 18.5. The highest BCUT2D eigenvalue weighted by molar-refractivity contribution is 6.28. The summed E-state index contributed by atoms with van der Waals surface area (Å²) in [6.45, 7) is 4.24. The van der Waals surface area contributed by atoms with Crippen LogP contribution >= 0.6 is 0 Å². The van der Waals surface area contributed by atoms with Gasteiger partial charge in [-0.2, -0.15) is 0 Å². The Hall–Kier alpha value is -4.17. The number of nitrogens with zero attached hydrogens (tertiary/aromatic N) is 1. The van der Waals surface area contributed by atoms with Gasteiger partial charge in [0.25, 0.3) is 0 Å². The van der Waals surface area contributed by atoms with Gasteiger partial charge in [-0.3, -0.25) is 4.98 Å². The van der Waals surface area contributed by atoms with Gasteiger partial charge in [-0.05, 0) is 81.6 Å². The molecule has 7 aromatic rings. The Balaban J connectivity index is 1.67. The van der Waals surface area contributed by atoms with E-state index in [1.165, 1.54) is 43.4 Å². The van der Waals surface area contributed by atoms with Gasteiger partial charge in [0.2, 0.25) is 0 Å². The van der Waals surface area contributed by atoms with Crippen LogP contribution in [0.4, 0.5) is 0 Å². The third-order valence-corrected chi connectivity index (χ3v) is 7.01. The minimum Gasteiger partial charge on any atom is -0.456 e. The predicted octanol–water partition coefficient (Wildman–Crippen LogP) is 8.72. The molecule has 0 atom stereocenters. The summed E-state index contributed by atoms with van der Waals surface area (Å²) in [5.41, 5.74) is 6.34. The monoisotopic (exact) mass is 423 g/mol. The molecule has 0 aliphatic carbocycles. The topological polar surface area (TPSA) is 26.0 Å². The van der Waals surface area contributed by atoms with Crippen molar-refractivity contribution >= 4 is 54.3 Å². The lowest BCUT2D eigenvalue weighted by Gasteiger charge is -2.10. The summed E-state index contributed by atoms with van der Waals surface area (Å²) < 4.78 is 6.41. The molecule has 156 valence electrons. The lowest BCUT2D eigenvalue weighted by molar-refractivity contribution is 0.669. The van der Waals surface area contributed by atoms with Crippen LogP contribution in [0.25, 0.3) is 65.5 Å². The second-order valence-corrected chi connectivity index (χ2v) is 8.92. The fourth-order valence-corrected chi connectivity index (χ4v) is 5.21. The van der Waals surface area contributed by atoms with E-state index in [1.54, 1.807) is 0 Å². The van der Waals surface area contributed by atoms with E-state index in [-0.39, 0.29) is 0 Å². The van der Waals surface area contributed by atoms with Crippen LogP contribution in [0.15, 0.2) is 95.5 Å². The minimum atomic E-state index is 0.895. The smallest absolute Gasteiger partial charge is 0.136 e. The van der Waals surface area contributed by atoms with Gasteiger partial charge in [-0.1, -0.05) is 60.7 Å². The first-order valence-corrected chi connectivity index (χ1v) is 11.3. The molecule has 2 heteroatoms. The lowest BCUT2D eigenvalue weighted by Crippen LogP contribution is -1.89. The van der Waals surface area contributed by atoms with E-state index in [1.807, 2.05) is 6.20 Å². The van der Waals surface area contributed by atoms with Crippen LogP contribution in [-0.2, 0) is 0 Å². The van der Waals surface area contributed by atoms with E-state index in [9.17, 15) is 0 Å². The molecule has 0 saturated carbocycles. The predicted molar refractivity (Wildman–Crippen MR) is 139 cm³/mol. The van der Waals surface area contributed by atoms with E-state index in [2.05, 4.69) is 98.8 Å². The van der Waals surface area contributed by atoms with E-state index < -0.39 is 0 Å². The van der Waals surface area contributed by atoms with Crippen LogP contribution in [0, 0.1) is 13.8 Å². The second kappa shape index (κ2) is 6.66. The van der Waals surface area contributed by atoms with Gasteiger partial charge in [0.05, 0.1) is 5.69 Å². The molecule has 2 aromatic heterocycles. The molecule has 0 aliphatic heterocycles. The Morgan fingerprint density at radius 1 is 0.545 bits per heavy atom. The lowest BCUT2D eigenvalue weighted by atomic mass is 9.92. The van der Waals surface area contributed by atoms with Gasteiger partial charge in [-0.15, -0.1) is 0 Å². The van der Waals surface area contributed by atoms with Crippen LogP contribution in [0.1, 0.15) is 11.1 Å². The Morgan fingerprint density at radius 2 is 1.18 bits per heavy atom. The molecule has 0 amide bonds. The number of fused-ring (bicyclic) bond motifs is 9. The number of aryl methyl sites for hydroxylation is 2. The maximum absolute atomic E-state index is 6.41. The SMILES string of the molecule is Cc1cnc(-c2cccc3oc4cc5c6ccccc6c6ccccc6c5cc4c23)cc1C. The van der Waals surface area contributed by atoms with Gasteiger partial charge in [0.15, 0.2) is 0 Å². The number of benzene rings is 5. The number of furan rings is 1. The molecule has 0 aliphatic rings. The molecule has 0 radical (unpaired) electrons. The van der Waals surface area contributed by atoms with Crippen molar-refractivity contribution in [2.45, 2.75) is 13.8 Å². The highest BCUT2D eigenvalue weighted by atomic mass is 16.3. The maximum atomic E-state index is 6.41. The van der Waals surface area contributed by atoms with Crippen molar-refractivity contribution < 1.29 is 4.42 Å². The first kappa shape index (κ1) is 18.4. The summed E-state index contributed by atoms with van der Waals surface area (Å²) in [7, 11) is 0. The molecule has 0 fully saturated rings. The number of pyridine rings is 1. The van der Waals surface area contributed by atoms with E-state index in [0.717, 1.165) is 33.2 Å². The summed E-state index contributed by atoms with van der Waals surface area (Å²) in [4.78, 5) is 4.76. The van der Waals surface area contributed by atoms with Crippen molar-refractivity contribution in [3.05, 3.63) is 102 Å². The molecule has 0 unspecified atom stereocenters. The van der Waals surface area contributed by atoms with Crippen LogP contribution in [0.3, 0.4) is 0 Å². The van der Waals surface area contributed by atoms with Crippen LogP contribution in [0.2, 0.25) is 0 Å². The van der Waals surface area contributed by atoms with Crippen LogP contribution in [-0.4, -0.2) is 4.98 Å². The van der Waals surface area contributed by atoms with Crippen LogP contribution in [0.5, 0.6) is 0 Å². The van der Waals surface area contributed by atoms with Crippen molar-refractivity contribution in [2.24, 2.45) is 0 Å². The van der Waals surface area contributed by atoms with Gasteiger partial charge in [0, 0.05) is 22.5 Å². The van der Waals surface area contributed by atoms with Gasteiger partial charge in [-0.25, -0.2) is 0 Å². The Labute approximate surface area is 191 Å². The molecular formula is C31H21NO. The molecule has 5 aromatic carbocycles. The molecule has 33 heavy (non-hydrogen) atoms. The molecule has 0 bridgehead atoms. The summed E-state index contributed by atoms with van der Waals surface area (Å²) in [5.74, 6) is 0. The van der Waals surface area contributed by atoms with E-state index in [0.29, 0.717) is 0 Å². The van der Waals surface area contributed by atoms with Gasteiger partial charge in [0.1, 0.15) is 11.2 Å². The Kier molecular flexibility index (Phi) is 3.72. The number of hydrogen-bond donors (Lipinski definition) is 0. The fraction of sp³-hybridized carbons (Fsp3) is 0.0645. The average Bonchev–Trinajstić information content (AvgIpc) is 3.23. The van der Waals surface area contributed by atoms with Crippen molar-refractivity contribution in [1.82, 2.24) is 4.98 Å². The minimum absolute atomic E-state index is 0.895. The molecule has 0 saturated heterocycles. The quantitative estimate of drug-likeness (QED) is 0.247. The first-order chi connectivity index (χ1) is 16.2. The molecule has 2 nitrogen and oxygen atoms in total. The van der Waals surface area contributed by atoms with Gasteiger partial charge < -0.3 is 4.42 Å². The van der Waals surface area contributed by atoms with Crippen molar-refractivity contribution in [1.29, 1.82) is 0 Å². The van der Waals surface area contributed by atoms with Crippen molar-refractivity contribution in [2.75, 3.05) is 0 Å². The summed E-state index contributed by atoms with van der Waals surface area (Å²) in [5, 5.41) is 9.81. The first-order valence-electron chi connectivity index (χ1n) is 11.3. The normalized spacial score (nSPS) is 11.9. The Bertz CT molecular complexity index is 1890. The summed E-state index contributed by atoms with van der Waals surface area (Å²) in [6.07, 6.45) is 1.96. The number of hydrogen-bond acceptors (Lipinski definition) is 2. The fourth-order valence-electron chi connectivity index (χ4n) is 5.21. The highest BCUT2D eigenvalue weighted by Gasteiger charge is 2.16. The molecular weight excluding hydrogens is 402 g/mol. The second-order valence-electron chi connectivity index (χ2n) is 8.92. The third-order valence-electron chi connectivity index (χ3n) is 7.01. The number of aromatic nitrogens is 1. The molecule has 7 rings (SSSR count). The van der Waals surface area contributed by atoms with Crippen LogP contribution < -0.4 is 0 Å². The summed E-state index contributed by atoms with van der Waals surface area (Å²) >= 11 is 0. The van der Waals surface area contributed by atoms with E-state index in [4.69, 9.17) is 9.40 Å². The van der Waals surface area contributed by atoms with Crippen molar-refractivity contribution in [3.63, 3.8) is 0 Å². The molecule has 0 spiro atoms. The average molecular weight is 424 g/mol. The Morgan fingerprint density at radius 3 is 1.85 bits per heavy atom. The summed E-state index contributed by atoms with van der Waals surface area (Å²) in [6, 6.07) is 30.3. The van der Waals surface area contributed by atoms with E-state index >= 15 is 0 Å². The zero-order valence-electron chi connectivity index (χ0n) is 18.5. The highest BCUT2D eigenvalue weighted by Crippen LogP contribution is 2.42. The van der Waals surface area contributed by atoms with Crippen molar-refractivity contribution in [3.8, 4) is 11.3 Å².